The fraction of sp³-hybridized carbons (Fsp3) is 0.538. The molecule has 0 aliphatic rings. The number of aromatic hydroxyl groups is 1. The van der Waals surface area contributed by atoms with E-state index in [9.17, 15) is 5.11 Å². The third-order valence-electron chi connectivity index (χ3n) is 3.34. The second-order valence-electron chi connectivity index (χ2n) is 5.72. The molecule has 0 radical (unpaired) electrons. The maximum absolute atomic E-state index is 9.18. The molecule has 0 aromatic heterocycles. The Bertz CT molecular complexity index is 336. The fourth-order valence-electron chi connectivity index (χ4n) is 1.07. The lowest BCUT2D eigenvalue weighted by atomic mass is 10.2. The molecule has 0 bridgehead atoms. The largest absolute Gasteiger partial charge is 0.508 e. The molecular formula is C13H22O2Si. The molecule has 0 atom stereocenters. The van der Waals surface area contributed by atoms with Crippen LogP contribution in [0.2, 0.25) is 18.1 Å². The minimum Gasteiger partial charge on any atom is -0.508 e. The lowest BCUT2D eigenvalue weighted by Crippen LogP contribution is -2.40. The summed E-state index contributed by atoms with van der Waals surface area (Å²) in [6, 6.07) is 7.21. The Morgan fingerprint density at radius 1 is 1.12 bits per heavy atom. The molecule has 0 unspecified atom stereocenters. The van der Waals surface area contributed by atoms with E-state index in [0.717, 1.165) is 5.56 Å². The van der Waals surface area contributed by atoms with E-state index in [1.54, 1.807) is 12.1 Å². The van der Waals surface area contributed by atoms with Gasteiger partial charge in [-0.2, -0.15) is 0 Å². The Kier molecular flexibility index (Phi) is 3.81. The van der Waals surface area contributed by atoms with Crippen molar-refractivity contribution in [3.63, 3.8) is 0 Å². The first kappa shape index (κ1) is 13.3. The van der Waals surface area contributed by atoms with Crippen molar-refractivity contribution in [2.75, 3.05) is 0 Å². The molecule has 2 nitrogen and oxygen atoms in total. The molecule has 0 heterocycles. The van der Waals surface area contributed by atoms with E-state index >= 15 is 0 Å². The Balaban J connectivity index is 2.61. The van der Waals surface area contributed by atoms with Crippen LogP contribution in [-0.4, -0.2) is 13.4 Å². The van der Waals surface area contributed by atoms with Crippen LogP contribution in [-0.2, 0) is 11.0 Å². The van der Waals surface area contributed by atoms with E-state index in [1.165, 1.54) is 0 Å². The quantitative estimate of drug-likeness (QED) is 0.809. The van der Waals surface area contributed by atoms with Crippen LogP contribution in [0.15, 0.2) is 24.3 Å². The summed E-state index contributed by atoms with van der Waals surface area (Å²) in [6.07, 6.45) is 0. The first-order chi connectivity index (χ1) is 7.22. The van der Waals surface area contributed by atoms with Gasteiger partial charge in [0.1, 0.15) is 5.75 Å². The molecule has 0 saturated heterocycles. The van der Waals surface area contributed by atoms with Crippen LogP contribution in [0.3, 0.4) is 0 Å². The van der Waals surface area contributed by atoms with Crippen molar-refractivity contribution < 1.29 is 9.53 Å². The van der Waals surface area contributed by atoms with Crippen molar-refractivity contribution in [3.8, 4) is 5.75 Å². The topological polar surface area (TPSA) is 29.5 Å². The predicted octanol–water partition coefficient (Wildman–Crippen LogP) is 3.91. The number of benzene rings is 1. The molecule has 16 heavy (non-hydrogen) atoms. The summed E-state index contributed by atoms with van der Waals surface area (Å²) in [5.41, 5.74) is 1.11. The smallest absolute Gasteiger partial charge is 0.192 e. The zero-order chi connectivity index (χ0) is 12.4. The number of phenols is 1. The molecular weight excluding hydrogens is 216 g/mol. The highest BCUT2D eigenvalue weighted by molar-refractivity contribution is 6.74. The van der Waals surface area contributed by atoms with Crippen molar-refractivity contribution in [1.29, 1.82) is 0 Å². The Hall–Kier alpha value is -0.803. The molecule has 0 amide bonds. The lowest BCUT2D eigenvalue weighted by molar-refractivity contribution is 0.276. The van der Waals surface area contributed by atoms with Crippen LogP contribution >= 0.6 is 0 Å². The Labute approximate surface area is 99.4 Å². The molecule has 0 fully saturated rings. The second kappa shape index (κ2) is 4.59. The number of hydrogen-bond acceptors (Lipinski definition) is 2. The molecule has 1 aromatic carbocycles. The average Bonchev–Trinajstić information content (AvgIpc) is 2.15. The van der Waals surface area contributed by atoms with E-state index in [-0.39, 0.29) is 5.04 Å². The first-order valence-corrected chi connectivity index (χ1v) is 8.55. The molecule has 0 aliphatic carbocycles. The Morgan fingerprint density at radius 2 is 1.62 bits per heavy atom. The van der Waals surface area contributed by atoms with Crippen LogP contribution in [0.25, 0.3) is 0 Å². The third-order valence-corrected chi connectivity index (χ3v) is 7.82. The van der Waals surface area contributed by atoms with E-state index in [0.29, 0.717) is 12.4 Å². The predicted molar refractivity (Wildman–Crippen MR) is 70.1 cm³/mol. The lowest BCUT2D eigenvalue weighted by Gasteiger charge is -2.36. The second-order valence-corrected chi connectivity index (χ2v) is 10.5. The van der Waals surface area contributed by atoms with Gasteiger partial charge in [-0.25, -0.2) is 0 Å². The van der Waals surface area contributed by atoms with E-state index in [2.05, 4.69) is 33.9 Å². The van der Waals surface area contributed by atoms with Gasteiger partial charge in [-0.15, -0.1) is 0 Å². The van der Waals surface area contributed by atoms with Crippen LogP contribution in [0.4, 0.5) is 0 Å². The van der Waals surface area contributed by atoms with Gasteiger partial charge in [0, 0.05) is 0 Å². The van der Waals surface area contributed by atoms with Crippen molar-refractivity contribution in [2.45, 2.75) is 45.5 Å². The standard InChI is InChI=1S/C13H22O2Si/c1-13(2,3)16(4,5)15-10-11-6-8-12(14)9-7-11/h6-9,14H,10H2,1-5H3. The molecule has 1 rings (SSSR count). The van der Waals surface area contributed by atoms with Crippen molar-refractivity contribution >= 4 is 8.32 Å². The summed E-state index contributed by atoms with van der Waals surface area (Å²) in [5.74, 6) is 0.302. The van der Waals surface area contributed by atoms with Crippen LogP contribution in [0.5, 0.6) is 5.75 Å². The van der Waals surface area contributed by atoms with Crippen LogP contribution in [0, 0.1) is 0 Å². The van der Waals surface area contributed by atoms with Gasteiger partial charge in [-0.3, -0.25) is 0 Å². The van der Waals surface area contributed by atoms with Gasteiger partial charge >= 0.3 is 0 Å². The summed E-state index contributed by atoms with van der Waals surface area (Å²) in [7, 11) is -1.66. The van der Waals surface area contributed by atoms with Gasteiger partial charge in [0.05, 0.1) is 6.61 Å². The van der Waals surface area contributed by atoms with E-state index in [1.807, 2.05) is 12.1 Å². The van der Waals surface area contributed by atoms with Gasteiger partial charge < -0.3 is 9.53 Å². The molecule has 1 aromatic rings. The van der Waals surface area contributed by atoms with Crippen molar-refractivity contribution in [2.24, 2.45) is 0 Å². The van der Waals surface area contributed by atoms with Gasteiger partial charge in [-0.1, -0.05) is 32.9 Å². The summed E-state index contributed by atoms with van der Waals surface area (Å²) in [6.45, 7) is 11.8. The molecule has 90 valence electrons. The van der Waals surface area contributed by atoms with Gasteiger partial charge in [0.25, 0.3) is 0 Å². The monoisotopic (exact) mass is 238 g/mol. The maximum Gasteiger partial charge on any atom is 0.192 e. The van der Waals surface area contributed by atoms with Crippen molar-refractivity contribution in [3.05, 3.63) is 29.8 Å². The molecule has 0 saturated carbocycles. The molecule has 1 N–H and O–H groups in total. The van der Waals surface area contributed by atoms with Gasteiger partial charge in [0.15, 0.2) is 8.32 Å². The van der Waals surface area contributed by atoms with Gasteiger partial charge in [-0.05, 0) is 35.8 Å². The molecule has 3 heteroatoms. The minimum absolute atomic E-state index is 0.240. The highest BCUT2D eigenvalue weighted by Gasteiger charge is 2.36. The highest BCUT2D eigenvalue weighted by Crippen LogP contribution is 2.37. The van der Waals surface area contributed by atoms with Crippen molar-refractivity contribution in [1.82, 2.24) is 0 Å². The average molecular weight is 238 g/mol. The summed E-state index contributed by atoms with van der Waals surface area (Å²) >= 11 is 0. The number of rotatable bonds is 3. The fourth-order valence-corrected chi connectivity index (χ4v) is 2.03. The van der Waals surface area contributed by atoms with Crippen LogP contribution in [0.1, 0.15) is 26.3 Å². The number of hydrogen-bond donors (Lipinski definition) is 1. The SMILES string of the molecule is CC(C)(C)[Si](C)(C)OCc1ccc(O)cc1. The third kappa shape index (κ3) is 3.35. The Morgan fingerprint density at radius 3 is 2.06 bits per heavy atom. The minimum atomic E-state index is -1.66. The van der Waals surface area contributed by atoms with Gasteiger partial charge in [0.2, 0.25) is 0 Å². The van der Waals surface area contributed by atoms with E-state index in [4.69, 9.17) is 4.43 Å². The zero-order valence-corrected chi connectivity index (χ0v) is 11.9. The summed E-state index contributed by atoms with van der Waals surface area (Å²) in [4.78, 5) is 0. The maximum atomic E-state index is 9.18. The molecule has 0 aliphatic heterocycles. The molecule has 0 spiro atoms. The van der Waals surface area contributed by atoms with Crippen LogP contribution < -0.4 is 0 Å². The summed E-state index contributed by atoms with van der Waals surface area (Å²) < 4.78 is 6.08. The summed E-state index contributed by atoms with van der Waals surface area (Å²) in [5, 5.41) is 9.42. The first-order valence-electron chi connectivity index (χ1n) is 5.64. The van der Waals surface area contributed by atoms with E-state index < -0.39 is 8.32 Å². The normalized spacial score (nSPS) is 12.8. The highest BCUT2D eigenvalue weighted by atomic mass is 28.4. The number of phenolic OH excluding ortho intramolecular Hbond substituents is 1. The zero-order valence-electron chi connectivity index (χ0n) is 10.9.